The van der Waals surface area contributed by atoms with Crippen LogP contribution >= 0.6 is 23.2 Å². The molecule has 0 unspecified atom stereocenters. The standard InChI is InChI=1S/C33H26Cl2F2N6O5S2/c34-21-5-3-7-26(29(21)35)50(46,47)42-23-9-8-22(36)31(30(23)37)41-33-32-24(38-18-39-33)10-11-28(40-32)43-16-27(20-4-1-2-6-25(20)43)49(44,45)17-19-12-14-48-15-13-19/h1-11,16,18-19,42H,12-15,17H2,(H,38,39,41). The van der Waals surface area contributed by atoms with E-state index in [1.165, 1.54) is 30.7 Å². The van der Waals surface area contributed by atoms with Crippen LogP contribution < -0.4 is 10.0 Å². The molecule has 11 nitrogen and oxygen atoms in total. The first-order chi connectivity index (χ1) is 23.9. The van der Waals surface area contributed by atoms with Gasteiger partial charge in [0.25, 0.3) is 10.0 Å². The minimum atomic E-state index is -4.44. The van der Waals surface area contributed by atoms with E-state index in [1.807, 2.05) is 0 Å². The molecule has 0 spiro atoms. The van der Waals surface area contributed by atoms with Gasteiger partial charge in [0.1, 0.15) is 34.1 Å². The Hall–Kier alpha value is -4.41. The SMILES string of the molecule is O=S(=O)(CC1CCOCC1)c1cn(-c2ccc3ncnc(Nc4c(F)ccc(NS(=O)(=O)c5cccc(Cl)c5Cl)c4F)c3n2)c2ccccc12. The maximum Gasteiger partial charge on any atom is 0.263 e. The minimum absolute atomic E-state index is 0.0179. The number of sulfone groups is 1. The van der Waals surface area contributed by atoms with Crippen LogP contribution in [0.2, 0.25) is 10.0 Å². The van der Waals surface area contributed by atoms with Crippen LogP contribution in [-0.4, -0.2) is 55.3 Å². The number of sulfonamides is 1. The lowest BCUT2D eigenvalue weighted by molar-refractivity contribution is 0.0723. The molecule has 3 aromatic carbocycles. The molecule has 6 aromatic rings. The van der Waals surface area contributed by atoms with Gasteiger partial charge in [-0.2, -0.15) is 0 Å². The van der Waals surface area contributed by atoms with Crippen LogP contribution in [0.4, 0.5) is 26.0 Å². The van der Waals surface area contributed by atoms with E-state index >= 15 is 8.78 Å². The van der Waals surface area contributed by atoms with Crippen molar-refractivity contribution in [2.75, 3.05) is 29.0 Å². The van der Waals surface area contributed by atoms with Gasteiger partial charge in [-0.3, -0.25) is 9.29 Å². The quantitative estimate of drug-likeness (QED) is 0.155. The first kappa shape index (κ1) is 34.1. The van der Waals surface area contributed by atoms with Crippen molar-refractivity contribution in [1.82, 2.24) is 19.5 Å². The van der Waals surface area contributed by atoms with E-state index in [0.29, 0.717) is 48.3 Å². The van der Waals surface area contributed by atoms with Crippen LogP contribution in [-0.2, 0) is 24.6 Å². The number of aromatic nitrogens is 4. The van der Waals surface area contributed by atoms with Crippen molar-refractivity contribution in [2.45, 2.75) is 22.6 Å². The van der Waals surface area contributed by atoms with Gasteiger partial charge in [-0.05, 0) is 61.2 Å². The van der Waals surface area contributed by atoms with Crippen LogP contribution in [0.3, 0.4) is 0 Å². The van der Waals surface area contributed by atoms with Crippen LogP contribution in [0, 0.1) is 17.6 Å². The predicted octanol–water partition coefficient (Wildman–Crippen LogP) is 7.30. The largest absolute Gasteiger partial charge is 0.381 e. The van der Waals surface area contributed by atoms with Gasteiger partial charge in [0.15, 0.2) is 21.5 Å². The van der Waals surface area contributed by atoms with Gasteiger partial charge < -0.3 is 10.1 Å². The van der Waals surface area contributed by atoms with Crippen molar-refractivity contribution >= 4 is 82.2 Å². The average Bonchev–Trinajstić information content (AvgIpc) is 3.50. The van der Waals surface area contributed by atoms with Crippen molar-refractivity contribution in [3.63, 3.8) is 0 Å². The molecule has 1 saturated heterocycles. The molecular formula is C33H26Cl2F2N6O5S2. The monoisotopic (exact) mass is 758 g/mol. The lowest BCUT2D eigenvalue weighted by atomic mass is 10.0. The number of hydrogen-bond donors (Lipinski definition) is 2. The summed E-state index contributed by atoms with van der Waals surface area (Å²) in [6.07, 6.45) is 4.01. The van der Waals surface area contributed by atoms with Crippen molar-refractivity contribution < 1.29 is 30.4 Å². The van der Waals surface area contributed by atoms with E-state index in [2.05, 4.69) is 25.0 Å². The zero-order valence-corrected chi connectivity index (χ0v) is 28.9. The molecule has 0 atom stereocenters. The number of nitrogens with one attached hydrogen (secondary N) is 2. The smallest absolute Gasteiger partial charge is 0.263 e. The van der Waals surface area contributed by atoms with Gasteiger partial charge >= 0.3 is 0 Å². The van der Waals surface area contributed by atoms with E-state index in [9.17, 15) is 16.8 Å². The Morgan fingerprint density at radius 1 is 0.900 bits per heavy atom. The first-order valence-corrected chi connectivity index (χ1v) is 19.1. The summed E-state index contributed by atoms with van der Waals surface area (Å²) in [5, 5.41) is 2.82. The number of anilines is 3. The van der Waals surface area contributed by atoms with Gasteiger partial charge in [0.2, 0.25) is 0 Å². The number of pyridine rings is 1. The van der Waals surface area contributed by atoms with E-state index in [4.69, 9.17) is 27.9 Å². The summed E-state index contributed by atoms with van der Waals surface area (Å²) in [6, 6.07) is 16.0. The number of nitrogens with zero attached hydrogens (tertiary/aromatic N) is 4. The Bertz CT molecular complexity index is 2510. The molecule has 0 bridgehead atoms. The topological polar surface area (TPSA) is 145 Å². The molecule has 17 heteroatoms. The van der Waals surface area contributed by atoms with Gasteiger partial charge in [-0.15, -0.1) is 0 Å². The van der Waals surface area contributed by atoms with Gasteiger partial charge in [-0.25, -0.2) is 40.6 Å². The highest BCUT2D eigenvalue weighted by Gasteiger charge is 2.28. The summed E-state index contributed by atoms with van der Waals surface area (Å²) < 4.78 is 93.6. The molecule has 4 heterocycles. The predicted molar refractivity (Wildman–Crippen MR) is 187 cm³/mol. The fourth-order valence-electron chi connectivity index (χ4n) is 5.81. The van der Waals surface area contributed by atoms with Gasteiger partial charge in [-0.1, -0.05) is 47.5 Å². The normalized spacial score (nSPS) is 14.3. The molecule has 258 valence electrons. The second-order valence-corrected chi connectivity index (χ2v) is 16.0. The summed E-state index contributed by atoms with van der Waals surface area (Å²) in [7, 11) is -8.14. The maximum absolute atomic E-state index is 15.8. The number of benzene rings is 3. The Kier molecular flexibility index (Phi) is 9.11. The number of fused-ring (bicyclic) bond motifs is 2. The highest BCUT2D eigenvalue weighted by atomic mass is 35.5. The fraction of sp³-hybridized carbons (Fsp3) is 0.182. The third kappa shape index (κ3) is 6.47. The van der Waals surface area contributed by atoms with Crippen LogP contribution in [0.25, 0.3) is 27.8 Å². The van der Waals surface area contributed by atoms with Crippen molar-refractivity contribution in [2.24, 2.45) is 5.92 Å². The maximum atomic E-state index is 15.8. The highest BCUT2D eigenvalue weighted by Crippen LogP contribution is 2.35. The lowest BCUT2D eigenvalue weighted by Gasteiger charge is -2.21. The summed E-state index contributed by atoms with van der Waals surface area (Å²) >= 11 is 12.0. The molecule has 50 heavy (non-hydrogen) atoms. The molecule has 1 aliphatic rings. The average molecular weight is 760 g/mol. The van der Waals surface area contributed by atoms with E-state index in [-0.39, 0.29) is 37.9 Å². The summed E-state index contributed by atoms with van der Waals surface area (Å²) in [6.45, 7) is 1.04. The molecule has 1 aliphatic heterocycles. The molecule has 0 amide bonds. The van der Waals surface area contributed by atoms with Crippen molar-refractivity contribution in [1.29, 1.82) is 0 Å². The number of rotatable bonds is 9. The molecular weight excluding hydrogens is 733 g/mol. The summed E-state index contributed by atoms with van der Waals surface area (Å²) in [4.78, 5) is 12.8. The Balaban J connectivity index is 1.26. The number of halogens is 4. The highest BCUT2D eigenvalue weighted by molar-refractivity contribution is 7.93. The summed E-state index contributed by atoms with van der Waals surface area (Å²) in [5.74, 6) is -2.17. The Morgan fingerprint density at radius 3 is 2.48 bits per heavy atom. The first-order valence-electron chi connectivity index (χ1n) is 15.2. The third-order valence-electron chi connectivity index (χ3n) is 8.30. The lowest BCUT2D eigenvalue weighted by Crippen LogP contribution is -2.23. The fourth-order valence-corrected chi connectivity index (χ4v) is 9.54. The zero-order chi connectivity index (χ0) is 35.2. The van der Waals surface area contributed by atoms with Crippen molar-refractivity contribution in [3.8, 4) is 5.82 Å². The van der Waals surface area contributed by atoms with E-state index < -0.39 is 47.8 Å². The molecule has 0 saturated carbocycles. The Morgan fingerprint density at radius 2 is 1.68 bits per heavy atom. The molecule has 2 N–H and O–H groups in total. The molecule has 3 aromatic heterocycles. The summed E-state index contributed by atoms with van der Waals surface area (Å²) in [5.41, 5.74) is -0.311. The number of hydrogen-bond acceptors (Lipinski definition) is 9. The van der Waals surface area contributed by atoms with E-state index in [1.54, 1.807) is 41.0 Å². The van der Waals surface area contributed by atoms with Gasteiger partial charge in [0.05, 0.1) is 37.4 Å². The van der Waals surface area contributed by atoms with Crippen LogP contribution in [0.1, 0.15) is 12.8 Å². The van der Waals surface area contributed by atoms with Crippen LogP contribution in [0.5, 0.6) is 0 Å². The number of ether oxygens (including phenoxy) is 1. The van der Waals surface area contributed by atoms with E-state index in [0.717, 1.165) is 12.1 Å². The molecule has 1 fully saturated rings. The van der Waals surface area contributed by atoms with Crippen LogP contribution in [0.15, 0.2) is 89.0 Å². The molecule has 0 aliphatic carbocycles. The second-order valence-electron chi connectivity index (χ2n) is 11.5. The minimum Gasteiger partial charge on any atom is -0.381 e. The molecule has 0 radical (unpaired) electrons. The molecule has 7 rings (SSSR count). The third-order valence-corrected chi connectivity index (χ3v) is 12.5. The zero-order valence-electron chi connectivity index (χ0n) is 25.8. The van der Waals surface area contributed by atoms with Gasteiger partial charge in [0, 0.05) is 24.8 Å². The Labute approximate surface area is 295 Å². The van der Waals surface area contributed by atoms with Crippen molar-refractivity contribution in [3.05, 3.63) is 101 Å². The number of para-hydroxylation sites is 1. The second kappa shape index (κ2) is 13.4.